The van der Waals surface area contributed by atoms with Gasteiger partial charge in [0.05, 0.1) is 33.8 Å². The minimum Gasteiger partial charge on any atom is -0.497 e. The second kappa shape index (κ2) is 18.9. The van der Waals surface area contributed by atoms with Crippen molar-refractivity contribution in [2.24, 2.45) is 0 Å². The molecule has 0 fully saturated rings. The third kappa shape index (κ3) is 10.1. The third-order valence-corrected chi connectivity index (χ3v) is 15.6. The first kappa shape index (κ1) is 46.2. The van der Waals surface area contributed by atoms with Crippen LogP contribution in [0, 0.1) is 0 Å². The van der Waals surface area contributed by atoms with E-state index < -0.39 is 19.7 Å². The Morgan fingerprint density at radius 2 is 0.433 bits per heavy atom. The molecular weight excluding hydrogens is 881 g/mol. The van der Waals surface area contributed by atoms with Gasteiger partial charge in [0.25, 0.3) is 0 Å². The highest BCUT2D eigenvalue weighted by Gasteiger charge is 2.25. The molecule has 8 aromatic rings. The summed E-state index contributed by atoms with van der Waals surface area (Å²) in [5.41, 5.74) is 3.80. The lowest BCUT2D eigenvalue weighted by Gasteiger charge is -2.26. The molecule has 340 valence electrons. The molecule has 8 aromatic carbocycles. The molecule has 0 aliphatic carbocycles. The van der Waals surface area contributed by atoms with Gasteiger partial charge < -0.3 is 23.7 Å². The Bertz CT molecular complexity index is 3170. The fourth-order valence-corrected chi connectivity index (χ4v) is 10.2. The number of hydrogen-bond acceptors (Lipinski definition) is 9. The van der Waals surface area contributed by atoms with Crippen molar-refractivity contribution in [3.63, 3.8) is 0 Å². The fraction of sp³-hybridized carbons (Fsp3) is 0.143. The van der Waals surface area contributed by atoms with Crippen molar-refractivity contribution in [1.29, 1.82) is 0 Å². The van der Waals surface area contributed by atoms with Crippen LogP contribution in [0.4, 0.5) is 0 Å². The van der Waals surface area contributed by atoms with Gasteiger partial charge in [0, 0.05) is 10.8 Å². The minimum absolute atomic E-state index is 0.145. The Hall–Kier alpha value is -7.34. The maximum absolute atomic E-state index is 13.6. The average molecular weight is 931 g/mol. The maximum atomic E-state index is 13.6. The highest BCUT2D eigenvalue weighted by molar-refractivity contribution is 7.91. The smallest absolute Gasteiger partial charge is 0.206 e. The van der Waals surface area contributed by atoms with E-state index in [-0.39, 0.29) is 30.4 Å². The van der Waals surface area contributed by atoms with Crippen LogP contribution in [0.5, 0.6) is 46.0 Å². The fourth-order valence-electron chi connectivity index (χ4n) is 7.66. The van der Waals surface area contributed by atoms with Gasteiger partial charge in [-0.1, -0.05) is 76.2 Å². The molecule has 11 heteroatoms. The van der Waals surface area contributed by atoms with E-state index in [0.717, 1.165) is 28.0 Å². The Labute approximate surface area is 393 Å². The summed E-state index contributed by atoms with van der Waals surface area (Å²) in [6.07, 6.45) is 0. The highest BCUT2D eigenvalue weighted by Crippen LogP contribution is 2.37. The largest absolute Gasteiger partial charge is 0.497 e. The van der Waals surface area contributed by atoms with Gasteiger partial charge >= 0.3 is 0 Å². The van der Waals surface area contributed by atoms with Crippen LogP contribution in [-0.2, 0) is 30.5 Å². The van der Waals surface area contributed by atoms with Crippen LogP contribution < -0.4 is 23.7 Å². The van der Waals surface area contributed by atoms with Crippen LogP contribution in [0.1, 0.15) is 49.9 Å². The topological polar surface area (TPSA) is 114 Å². The van der Waals surface area contributed by atoms with E-state index in [9.17, 15) is 16.8 Å². The van der Waals surface area contributed by atoms with Gasteiger partial charge in [0.1, 0.15) is 46.0 Å². The molecule has 0 N–H and O–H groups in total. The van der Waals surface area contributed by atoms with Gasteiger partial charge in [-0.2, -0.15) is 0 Å². The van der Waals surface area contributed by atoms with E-state index in [2.05, 4.69) is 39.8 Å². The van der Waals surface area contributed by atoms with Gasteiger partial charge in [-0.3, -0.25) is 0 Å². The van der Waals surface area contributed by atoms with Crippen LogP contribution in [0.25, 0.3) is 0 Å². The summed E-state index contributed by atoms with van der Waals surface area (Å²) in [7, 11) is -4.32. The summed E-state index contributed by atoms with van der Waals surface area (Å²) in [6, 6.07) is 56.9. The summed E-state index contributed by atoms with van der Waals surface area (Å²) >= 11 is 0. The van der Waals surface area contributed by atoms with Crippen molar-refractivity contribution >= 4 is 19.7 Å². The molecule has 0 unspecified atom stereocenters. The van der Waals surface area contributed by atoms with Crippen LogP contribution >= 0.6 is 0 Å². The normalized spacial score (nSPS) is 12.0. The maximum Gasteiger partial charge on any atom is 0.206 e. The molecule has 0 aromatic heterocycles. The van der Waals surface area contributed by atoms with Gasteiger partial charge in [0.15, 0.2) is 0 Å². The van der Waals surface area contributed by atoms with E-state index in [1.165, 1.54) is 31.4 Å². The molecule has 0 aliphatic heterocycles. The number of rotatable bonds is 16. The van der Waals surface area contributed by atoms with Gasteiger partial charge in [-0.25, -0.2) is 16.8 Å². The van der Waals surface area contributed by atoms with Crippen molar-refractivity contribution < 1.29 is 40.5 Å². The Kier molecular flexibility index (Phi) is 13.0. The molecule has 0 saturated heterocycles. The minimum atomic E-state index is -3.81. The number of hydrogen-bond donors (Lipinski definition) is 0. The molecule has 0 spiro atoms. The van der Waals surface area contributed by atoms with Crippen LogP contribution in [-0.4, -0.2) is 31.1 Å². The SMILES string of the molecule is COc1ccc(C(C)(C)c2ccc(Oc3ccc(S(=O)(=O)c4ccc(Oc5ccc(C(C)(C)c6ccc(Oc7ccc(S(=O)(=O)c8ccc(OC)cc8)cc7)cc6)cc5)cc4)cc3)cc2)cc1. The van der Waals surface area contributed by atoms with Crippen molar-refractivity contribution in [3.8, 4) is 46.0 Å². The van der Waals surface area contributed by atoms with E-state index in [4.69, 9.17) is 23.7 Å². The highest BCUT2D eigenvalue weighted by atomic mass is 32.2. The first-order chi connectivity index (χ1) is 32.1. The molecule has 0 saturated carbocycles. The predicted octanol–water partition coefficient (Wildman–Crippen LogP) is 13.4. The summed E-state index contributed by atoms with van der Waals surface area (Å²) in [5, 5.41) is 0. The van der Waals surface area contributed by atoms with Crippen molar-refractivity contribution in [1.82, 2.24) is 0 Å². The lowest BCUT2D eigenvalue weighted by Crippen LogP contribution is -2.18. The summed E-state index contributed by atoms with van der Waals surface area (Å²) < 4.78 is 82.1. The zero-order valence-corrected chi connectivity index (χ0v) is 39.6. The molecule has 0 atom stereocenters. The zero-order valence-electron chi connectivity index (χ0n) is 38.0. The van der Waals surface area contributed by atoms with Crippen molar-refractivity contribution in [3.05, 3.63) is 216 Å². The molecule has 8 rings (SSSR count). The van der Waals surface area contributed by atoms with E-state index in [0.29, 0.717) is 40.2 Å². The summed E-state index contributed by atoms with van der Waals surface area (Å²) in [4.78, 5) is 0.639. The average Bonchev–Trinajstić information content (AvgIpc) is 3.35. The third-order valence-electron chi connectivity index (χ3n) is 12.0. The molecule has 0 heterocycles. The molecule has 9 nitrogen and oxygen atoms in total. The second-order valence-electron chi connectivity index (χ2n) is 17.0. The second-order valence-corrected chi connectivity index (χ2v) is 20.9. The summed E-state index contributed by atoms with van der Waals surface area (Å²) in [5.74, 6) is 4.77. The monoisotopic (exact) mass is 930 g/mol. The molecule has 0 aliphatic rings. The number of ether oxygens (including phenoxy) is 5. The van der Waals surface area contributed by atoms with Gasteiger partial charge in [-0.05, 0) is 168 Å². The van der Waals surface area contributed by atoms with Crippen LogP contribution in [0.2, 0.25) is 0 Å². The van der Waals surface area contributed by atoms with Crippen LogP contribution in [0.3, 0.4) is 0 Å². The summed E-state index contributed by atoms with van der Waals surface area (Å²) in [6.45, 7) is 8.60. The Morgan fingerprint density at radius 3 is 0.627 bits per heavy atom. The molecule has 0 amide bonds. The Morgan fingerprint density at radius 1 is 0.269 bits per heavy atom. The Balaban J connectivity index is 0.848. The van der Waals surface area contributed by atoms with E-state index in [1.807, 2.05) is 84.9 Å². The lowest BCUT2D eigenvalue weighted by atomic mass is 9.78. The molecule has 67 heavy (non-hydrogen) atoms. The predicted molar refractivity (Wildman–Crippen MR) is 260 cm³/mol. The van der Waals surface area contributed by atoms with E-state index >= 15 is 0 Å². The van der Waals surface area contributed by atoms with Crippen molar-refractivity contribution in [2.75, 3.05) is 14.2 Å². The van der Waals surface area contributed by atoms with Gasteiger partial charge in [0.2, 0.25) is 19.7 Å². The van der Waals surface area contributed by atoms with Crippen molar-refractivity contribution in [2.45, 2.75) is 58.1 Å². The number of benzene rings is 8. The van der Waals surface area contributed by atoms with Crippen LogP contribution in [0.15, 0.2) is 214 Å². The standard InChI is InChI=1S/C56H50O9S2/c1-55(2,39-7-15-43(61-5)16-8-39)40-9-17-45(18-10-40)63-49-27-35-53(36-28-49)67(59,60)54-37-29-50(30-38-54)65-47-21-13-42(14-22-47)56(3,4)41-11-19-46(20-12-41)64-48-25-33-52(34-26-48)66(57,58)51-31-23-44(62-6)24-32-51/h7-38H,1-6H3. The first-order valence-corrected chi connectivity index (χ1v) is 24.5. The quantitative estimate of drug-likeness (QED) is 0.0934. The van der Waals surface area contributed by atoms with E-state index in [1.54, 1.807) is 79.9 Å². The molecule has 0 radical (unpaired) electrons. The first-order valence-electron chi connectivity index (χ1n) is 21.5. The lowest BCUT2D eigenvalue weighted by molar-refractivity contribution is 0.414. The van der Waals surface area contributed by atoms with Gasteiger partial charge in [-0.15, -0.1) is 0 Å². The number of methoxy groups -OCH3 is 2. The molecule has 0 bridgehead atoms. The zero-order chi connectivity index (χ0) is 47.4. The molecular formula is C56H50O9S2. The number of sulfone groups is 2.